The molecule has 0 saturated carbocycles. The van der Waals surface area contributed by atoms with Crippen molar-refractivity contribution >= 4 is 6.03 Å². The molecule has 1 aliphatic heterocycles. The van der Waals surface area contributed by atoms with Crippen LogP contribution in [0, 0.1) is 5.82 Å². The number of hydrogen-bond donors (Lipinski definition) is 1. The first-order valence-electron chi connectivity index (χ1n) is 9.26. The molecule has 1 aliphatic rings. The van der Waals surface area contributed by atoms with E-state index in [1.807, 2.05) is 41.3 Å². The van der Waals surface area contributed by atoms with Crippen molar-refractivity contribution in [1.82, 2.24) is 15.1 Å². The van der Waals surface area contributed by atoms with Crippen LogP contribution in [0.3, 0.4) is 0 Å². The highest BCUT2D eigenvalue weighted by Crippen LogP contribution is 2.12. The largest absolute Gasteiger partial charge is 0.497 e. The number of nitrogens with zero attached hydrogens (tertiary/aromatic N) is 2. The lowest BCUT2D eigenvalue weighted by atomic mass is 10.1. The Morgan fingerprint density at radius 1 is 1.00 bits per heavy atom. The first-order valence-corrected chi connectivity index (χ1v) is 9.26. The van der Waals surface area contributed by atoms with Crippen molar-refractivity contribution in [2.45, 2.75) is 13.0 Å². The van der Waals surface area contributed by atoms with Crippen LogP contribution in [0.2, 0.25) is 0 Å². The monoisotopic (exact) mass is 371 g/mol. The van der Waals surface area contributed by atoms with Gasteiger partial charge in [-0.1, -0.05) is 24.3 Å². The van der Waals surface area contributed by atoms with Crippen LogP contribution < -0.4 is 10.1 Å². The molecule has 3 rings (SSSR count). The number of carbonyl (C=O) groups is 1. The molecule has 0 atom stereocenters. The number of ether oxygens (including phenoxy) is 1. The predicted octanol–water partition coefficient (Wildman–Crippen LogP) is 2.90. The number of urea groups is 1. The van der Waals surface area contributed by atoms with Gasteiger partial charge in [-0.15, -0.1) is 0 Å². The number of carbonyl (C=O) groups excluding carboxylic acids is 1. The second kappa shape index (κ2) is 9.37. The van der Waals surface area contributed by atoms with Crippen molar-refractivity contribution in [1.29, 1.82) is 0 Å². The van der Waals surface area contributed by atoms with Crippen molar-refractivity contribution in [3.63, 3.8) is 0 Å². The van der Waals surface area contributed by atoms with E-state index >= 15 is 0 Å². The summed E-state index contributed by atoms with van der Waals surface area (Å²) >= 11 is 0. The normalized spacial score (nSPS) is 14.8. The molecule has 1 saturated heterocycles. The zero-order valence-electron chi connectivity index (χ0n) is 15.7. The van der Waals surface area contributed by atoms with E-state index in [1.165, 1.54) is 17.7 Å². The Kier molecular flexibility index (Phi) is 6.65. The number of rotatable bonds is 6. The molecule has 1 N–H and O–H groups in total. The number of amides is 2. The summed E-state index contributed by atoms with van der Waals surface area (Å²) in [4.78, 5) is 16.5. The lowest BCUT2D eigenvalue weighted by Gasteiger charge is -2.34. The summed E-state index contributed by atoms with van der Waals surface area (Å²) in [6.07, 6.45) is 0.792. The minimum atomic E-state index is -0.213. The van der Waals surface area contributed by atoms with Crippen molar-refractivity contribution < 1.29 is 13.9 Å². The molecule has 0 bridgehead atoms. The van der Waals surface area contributed by atoms with Gasteiger partial charge in [0.15, 0.2) is 0 Å². The highest BCUT2D eigenvalue weighted by molar-refractivity contribution is 5.74. The second-order valence-corrected chi connectivity index (χ2v) is 6.72. The molecular formula is C21H26FN3O2. The molecule has 144 valence electrons. The van der Waals surface area contributed by atoms with Gasteiger partial charge in [-0.05, 0) is 41.8 Å². The maximum Gasteiger partial charge on any atom is 0.317 e. The van der Waals surface area contributed by atoms with Crippen molar-refractivity contribution in [3.8, 4) is 5.75 Å². The molecule has 2 aromatic carbocycles. The van der Waals surface area contributed by atoms with E-state index in [0.717, 1.165) is 37.4 Å². The Balaban J connectivity index is 1.37. The third-order valence-corrected chi connectivity index (χ3v) is 4.83. The zero-order valence-corrected chi connectivity index (χ0v) is 15.7. The van der Waals surface area contributed by atoms with Gasteiger partial charge in [-0.2, -0.15) is 0 Å². The highest BCUT2D eigenvalue weighted by Gasteiger charge is 2.20. The van der Waals surface area contributed by atoms with Crippen LogP contribution >= 0.6 is 0 Å². The predicted molar refractivity (Wildman–Crippen MR) is 103 cm³/mol. The number of hydrogen-bond acceptors (Lipinski definition) is 3. The molecule has 0 unspecified atom stereocenters. The van der Waals surface area contributed by atoms with Crippen LogP contribution in [-0.4, -0.2) is 55.7 Å². The molecule has 1 fully saturated rings. The number of nitrogens with one attached hydrogen (secondary N) is 1. The van der Waals surface area contributed by atoms with E-state index in [9.17, 15) is 9.18 Å². The van der Waals surface area contributed by atoms with Gasteiger partial charge in [0.2, 0.25) is 0 Å². The summed E-state index contributed by atoms with van der Waals surface area (Å²) in [7, 11) is 1.65. The number of piperazine rings is 1. The van der Waals surface area contributed by atoms with Crippen molar-refractivity contribution in [2.24, 2.45) is 0 Å². The molecule has 0 aliphatic carbocycles. The minimum absolute atomic E-state index is 0.00931. The molecule has 2 amide bonds. The molecular weight excluding hydrogens is 345 g/mol. The fraction of sp³-hybridized carbons (Fsp3) is 0.381. The molecule has 1 heterocycles. The van der Waals surface area contributed by atoms with Gasteiger partial charge in [0, 0.05) is 39.3 Å². The second-order valence-electron chi connectivity index (χ2n) is 6.72. The number of benzene rings is 2. The fourth-order valence-electron chi connectivity index (χ4n) is 3.17. The van der Waals surface area contributed by atoms with E-state index in [4.69, 9.17) is 4.74 Å². The first kappa shape index (κ1) is 19.2. The summed E-state index contributed by atoms with van der Waals surface area (Å²) in [5.41, 5.74) is 2.26. The Labute approximate surface area is 159 Å². The molecule has 0 radical (unpaired) electrons. The van der Waals surface area contributed by atoms with Crippen LogP contribution in [0.25, 0.3) is 0 Å². The lowest BCUT2D eigenvalue weighted by molar-refractivity contribution is 0.135. The number of halogens is 1. The molecule has 0 aromatic heterocycles. The third-order valence-electron chi connectivity index (χ3n) is 4.83. The Morgan fingerprint density at radius 3 is 2.26 bits per heavy atom. The molecule has 5 nitrogen and oxygen atoms in total. The van der Waals surface area contributed by atoms with Crippen molar-refractivity contribution in [3.05, 3.63) is 65.5 Å². The molecule has 27 heavy (non-hydrogen) atoms. The average molecular weight is 371 g/mol. The maximum atomic E-state index is 13.0. The molecule has 2 aromatic rings. The van der Waals surface area contributed by atoms with E-state index in [1.54, 1.807) is 7.11 Å². The van der Waals surface area contributed by atoms with E-state index in [2.05, 4.69) is 10.2 Å². The molecule has 6 heteroatoms. The van der Waals surface area contributed by atoms with E-state index in [0.29, 0.717) is 19.6 Å². The fourth-order valence-corrected chi connectivity index (χ4v) is 3.17. The van der Waals surface area contributed by atoms with Crippen LogP contribution in [0.1, 0.15) is 11.1 Å². The SMILES string of the molecule is COc1ccc(CCNC(=O)N2CCN(Cc3ccc(F)cc3)CC2)cc1. The van der Waals surface area contributed by atoms with Gasteiger partial charge in [-0.25, -0.2) is 9.18 Å². The van der Waals surface area contributed by atoms with E-state index in [-0.39, 0.29) is 11.8 Å². The lowest BCUT2D eigenvalue weighted by Crippen LogP contribution is -2.51. The zero-order chi connectivity index (χ0) is 19.1. The average Bonchev–Trinajstić information content (AvgIpc) is 2.71. The topological polar surface area (TPSA) is 44.8 Å². The highest BCUT2D eigenvalue weighted by atomic mass is 19.1. The van der Waals surface area contributed by atoms with Gasteiger partial charge in [0.05, 0.1) is 7.11 Å². The summed E-state index contributed by atoms with van der Waals surface area (Å²) in [6.45, 7) is 4.45. The van der Waals surface area contributed by atoms with Gasteiger partial charge in [0.1, 0.15) is 11.6 Å². The Hall–Kier alpha value is -2.60. The van der Waals surface area contributed by atoms with Crippen LogP contribution in [0.15, 0.2) is 48.5 Å². The standard InChI is InChI=1S/C21H26FN3O2/c1-27-20-8-4-17(5-9-20)10-11-23-21(26)25-14-12-24(13-15-25)16-18-2-6-19(22)7-3-18/h2-9H,10-16H2,1H3,(H,23,26). The first-order chi connectivity index (χ1) is 13.1. The van der Waals surface area contributed by atoms with E-state index < -0.39 is 0 Å². The maximum absolute atomic E-state index is 13.0. The summed E-state index contributed by atoms with van der Waals surface area (Å²) in [5, 5.41) is 3.00. The third kappa shape index (κ3) is 5.69. The van der Waals surface area contributed by atoms with Crippen molar-refractivity contribution in [2.75, 3.05) is 39.8 Å². The summed E-state index contributed by atoms with van der Waals surface area (Å²) in [5.74, 6) is 0.621. The Morgan fingerprint density at radius 2 is 1.63 bits per heavy atom. The van der Waals surface area contributed by atoms with Crippen LogP contribution in [0.5, 0.6) is 5.75 Å². The van der Waals surface area contributed by atoms with Gasteiger partial charge in [-0.3, -0.25) is 4.90 Å². The summed E-state index contributed by atoms with van der Waals surface area (Å²) in [6, 6.07) is 14.5. The quantitative estimate of drug-likeness (QED) is 0.849. The van der Waals surface area contributed by atoms with Gasteiger partial charge >= 0.3 is 6.03 Å². The van der Waals surface area contributed by atoms with Gasteiger partial charge < -0.3 is 15.0 Å². The van der Waals surface area contributed by atoms with Crippen LogP contribution in [-0.2, 0) is 13.0 Å². The van der Waals surface area contributed by atoms with Gasteiger partial charge in [0.25, 0.3) is 0 Å². The Bertz CT molecular complexity index is 726. The summed E-state index contributed by atoms with van der Waals surface area (Å²) < 4.78 is 18.1. The smallest absolute Gasteiger partial charge is 0.317 e. The number of methoxy groups -OCH3 is 1. The molecule has 0 spiro atoms. The minimum Gasteiger partial charge on any atom is -0.497 e. The van der Waals surface area contributed by atoms with Crippen LogP contribution in [0.4, 0.5) is 9.18 Å².